The lowest BCUT2D eigenvalue weighted by atomic mass is 10.3. The lowest BCUT2D eigenvalue weighted by molar-refractivity contribution is 0.128. The molecule has 0 spiro atoms. The Bertz CT molecular complexity index is 320. The number of thiazole rings is 1. The highest BCUT2D eigenvalue weighted by Crippen LogP contribution is 2.11. The standard InChI is InChI=1S/C12H23N3O2S/c1-16-6-3-4-15(5-7-17-2)9-11-10-18-12(8-13)14-11/h10H,3-9,13H2,1-2H3. The Morgan fingerprint density at radius 3 is 2.67 bits per heavy atom. The van der Waals surface area contributed by atoms with Crippen LogP contribution in [0.4, 0.5) is 0 Å². The van der Waals surface area contributed by atoms with Gasteiger partial charge in [-0.2, -0.15) is 0 Å². The summed E-state index contributed by atoms with van der Waals surface area (Å²) in [4.78, 5) is 6.82. The smallest absolute Gasteiger partial charge is 0.106 e. The van der Waals surface area contributed by atoms with E-state index in [0.29, 0.717) is 6.54 Å². The Morgan fingerprint density at radius 1 is 1.28 bits per heavy atom. The number of nitrogens with two attached hydrogens (primary N) is 1. The number of aromatic nitrogens is 1. The molecule has 0 bridgehead atoms. The van der Waals surface area contributed by atoms with E-state index in [1.807, 2.05) is 0 Å². The molecule has 1 aromatic rings. The second kappa shape index (κ2) is 9.41. The summed E-state index contributed by atoms with van der Waals surface area (Å²) in [6.45, 7) is 4.80. The topological polar surface area (TPSA) is 60.6 Å². The third kappa shape index (κ3) is 5.88. The van der Waals surface area contributed by atoms with Crippen LogP contribution in [0.25, 0.3) is 0 Å². The SMILES string of the molecule is COCCCN(CCOC)Cc1csc(CN)n1. The largest absolute Gasteiger partial charge is 0.385 e. The zero-order chi connectivity index (χ0) is 13.2. The summed E-state index contributed by atoms with van der Waals surface area (Å²) >= 11 is 1.62. The molecule has 0 unspecified atom stereocenters. The van der Waals surface area contributed by atoms with Gasteiger partial charge in [0.05, 0.1) is 12.3 Å². The van der Waals surface area contributed by atoms with Crippen molar-refractivity contribution in [3.63, 3.8) is 0 Å². The molecule has 0 aliphatic carbocycles. The van der Waals surface area contributed by atoms with E-state index in [1.165, 1.54) is 0 Å². The first-order valence-corrected chi connectivity index (χ1v) is 7.01. The van der Waals surface area contributed by atoms with Gasteiger partial charge in [0.1, 0.15) is 5.01 Å². The molecule has 0 saturated carbocycles. The average molecular weight is 273 g/mol. The fourth-order valence-corrected chi connectivity index (χ4v) is 2.33. The Kier molecular flexibility index (Phi) is 8.11. The molecule has 6 heteroatoms. The van der Waals surface area contributed by atoms with E-state index in [0.717, 1.165) is 50.0 Å². The summed E-state index contributed by atoms with van der Waals surface area (Å²) in [5.74, 6) is 0. The van der Waals surface area contributed by atoms with Crippen molar-refractivity contribution in [1.82, 2.24) is 9.88 Å². The highest BCUT2D eigenvalue weighted by Gasteiger charge is 2.08. The Hall–Kier alpha value is -0.530. The third-order valence-electron chi connectivity index (χ3n) is 2.59. The van der Waals surface area contributed by atoms with Crippen LogP contribution >= 0.6 is 11.3 Å². The van der Waals surface area contributed by atoms with E-state index < -0.39 is 0 Å². The van der Waals surface area contributed by atoms with Gasteiger partial charge < -0.3 is 15.2 Å². The first kappa shape index (κ1) is 15.5. The highest BCUT2D eigenvalue weighted by molar-refractivity contribution is 7.09. The van der Waals surface area contributed by atoms with Crippen molar-refractivity contribution >= 4 is 11.3 Å². The van der Waals surface area contributed by atoms with Gasteiger partial charge in [0, 0.05) is 52.4 Å². The molecule has 1 aromatic heterocycles. The van der Waals surface area contributed by atoms with Crippen LogP contribution in [-0.4, -0.2) is 50.4 Å². The second-order valence-electron chi connectivity index (χ2n) is 4.05. The lowest BCUT2D eigenvalue weighted by Crippen LogP contribution is -2.29. The normalized spacial score (nSPS) is 11.3. The van der Waals surface area contributed by atoms with Gasteiger partial charge in [-0.1, -0.05) is 0 Å². The molecule has 104 valence electrons. The third-order valence-corrected chi connectivity index (χ3v) is 3.51. The quantitative estimate of drug-likeness (QED) is 0.647. The molecule has 0 radical (unpaired) electrons. The van der Waals surface area contributed by atoms with Gasteiger partial charge >= 0.3 is 0 Å². The van der Waals surface area contributed by atoms with Crippen LogP contribution in [0, 0.1) is 0 Å². The van der Waals surface area contributed by atoms with Crippen LogP contribution in [-0.2, 0) is 22.6 Å². The van der Waals surface area contributed by atoms with E-state index in [-0.39, 0.29) is 0 Å². The van der Waals surface area contributed by atoms with Crippen molar-refractivity contribution in [1.29, 1.82) is 0 Å². The second-order valence-corrected chi connectivity index (χ2v) is 4.99. The fraction of sp³-hybridized carbons (Fsp3) is 0.750. The Balaban J connectivity index is 2.42. The molecule has 18 heavy (non-hydrogen) atoms. The Labute approximate surface area is 113 Å². The van der Waals surface area contributed by atoms with Gasteiger partial charge in [0.2, 0.25) is 0 Å². The molecule has 1 rings (SSSR count). The van der Waals surface area contributed by atoms with Gasteiger partial charge in [-0.3, -0.25) is 4.90 Å². The minimum atomic E-state index is 0.520. The summed E-state index contributed by atoms with van der Waals surface area (Å²) in [7, 11) is 3.45. The first-order valence-electron chi connectivity index (χ1n) is 6.13. The fourth-order valence-electron chi connectivity index (χ4n) is 1.67. The predicted molar refractivity (Wildman–Crippen MR) is 73.7 cm³/mol. The maximum Gasteiger partial charge on any atom is 0.106 e. The van der Waals surface area contributed by atoms with Gasteiger partial charge in [0.15, 0.2) is 0 Å². The molecular formula is C12H23N3O2S. The van der Waals surface area contributed by atoms with Crippen LogP contribution in [0.1, 0.15) is 17.1 Å². The van der Waals surface area contributed by atoms with Gasteiger partial charge in [-0.05, 0) is 6.42 Å². The van der Waals surface area contributed by atoms with Gasteiger partial charge in [0.25, 0.3) is 0 Å². The van der Waals surface area contributed by atoms with Crippen LogP contribution in [0.3, 0.4) is 0 Å². The molecule has 2 N–H and O–H groups in total. The molecule has 0 aliphatic rings. The maximum absolute atomic E-state index is 5.57. The number of methoxy groups -OCH3 is 2. The average Bonchev–Trinajstić information content (AvgIpc) is 2.83. The number of hydrogen-bond donors (Lipinski definition) is 1. The van der Waals surface area contributed by atoms with E-state index >= 15 is 0 Å². The van der Waals surface area contributed by atoms with Crippen molar-refractivity contribution < 1.29 is 9.47 Å². The summed E-state index contributed by atoms with van der Waals surface area (Å²) in [6.07, 6.45) is 1.02. The number of nitrogens with zero attached hydrogens (tertiary/aromatic N) is 2. The monoisotopic (exact) mass is 273 g/mol. The van der Waals surface area contributed by atoms with Crippen molar-refractivity contribution in [2.24, 2.45) is 5.73 Å². The number of ether oxygens (including phenoxy) is 2. The summed E-state index contributed by atoms with van der Waals surface area (Å²) in [5.41, 5.74) is 6.66. The summed E-state index contributed by atoms with van der Waals surface area (Å²) in [5, 5.41) is 3.08. The molecule has 0 atom stereocenters. The zero-order valence-electron chi connectivity index (χ0n) is 11.2. The van der Waals surface area contributed by atoms with Gasteiger partial charge in [-0.15, -0.1) is 11.3 Å². The Morgan fingerprint density at radius 2 is 2.06 bits per heavy atom. The minimum Gasteiger partial charge on any atom is -0.385 e. The number of rotatable bonds is 10. The van der Waals surface area contributed by atoms with Crippen LogP contribution in [0.15, 0.2) is 5.38 Å². The van der Waals surface area contributed by atoms with Crippen LogP contribution in [0.5, 0.6) is 0 Å². The van der Waals surface area contributed by atoms with Crippen molar-refractivity contribution in [2.75, 3.05) is 40.5 Å². The van der Waals surface area contributed by atoms with E-state index in [4.69, 9.17) is 15.2 Å². The molecule has 1 heterocycles. The zero-order valence-corrected chi connectivity index (χ0v) is 12.0. The lowest BCUT2D eigenvalue weighted by Gasteiger charge is -2.20. The van der Waals surface area contributed by atoms with E-state index in [2.05, 4.69) is 15.3 Å². The molecule has 5 nitrogen and oxygen atoms in total. The van der Waals surface area contributed by atoms with Gasteiger partial charge in [-0.25, -0.2) is 4.98 Å². The molecule has 0 aromatic carbocycles. The first-order chi connectivity index (χ1) is 8.80. The van der Waals surface area contributed by atoms with E-state index in [1.54, 1.807) is 25.6 Å². The van der Waals surface area contributed by atoms with Crippen molar-refractivity contribution in [3.8, 4) is 0 Å². The highest BCUT2D eigenvalue weighted by atomic mass is 32.1. The minimum absolute atomic E-state index is 0.520. The molecular weight excluding hydrogens is 250 g/mol. The maximum atomic E-state index is 5.57. The van der Waals surface area contributed by atoms with Crippen molar-refractivity contribution in [3.05, 3.63) is 16.1 Å². The summed E-state index contributed by atoms with van der Waals surface area (Å²) in [6, 6.07) is 0. The van der Waals surface area contributed by atoms with Crippen LogP contribution < -0.4 is 5.73 Å². The molecule has 0 fully saturated rings. The van der Waals surface area contributed by atoms with Crippen molar-refractivity contribution in [2.45, 2.75) is 19.5 Å². The van der Waals surface area contributed by atoms with E-state index in [9.17, 15) is 0 Å². The molecule has 0 saturated heterocycles. The molecule has 0 aliphatic heterocycles. The van der Waals surface area contributed by atoms with Crippen LogP contribution in [0.2, 0.25) is 0 Å². The number of hydrogen-bond acceptors (Lipinski definition) is 6. The molecule has 0 amide bonds. The predicted octanol–water partition coefficient (Wildman–Crippen LogP) is 1.09. The summed E-state index contributed by atoms with van der Waals surface area (Å²) < 4.78 is 10.2.